The zero-order valence-corrected chi connectivity index (χ0v) is 19.0. The monoisotopic (exact) mass is 429 g/mol. The summed E-state index contributed by atoms with van der Waals surface area (Å²) in [4.78, 5) is 21.5. The number of anilines is 1. The van der Waals surface area contributed by atoms with Gasteiger partial charge in [0.15, 0.2) is 0 Å². The van der Waals surface area contributed by atoms with Gasteiger partial charge in [-0.25, -0.2) is 0 Å². The minimum absolute atomic E-state index is 0.0472. The predicted molar refractivity (Wildman–Crippen MR) is 121 cm³/mol. The summed E-state index contributed by atoms with van der Waals surface area (Å²) in [7, 11) is 1.64. The fourth-order valence-corrected chi connectivity index (χ4v) is 3.83. The van der Waals surface area contributed by atoms with Crippen molar-refractivity contribution in [2.24, 2.45) is 5.92 Å². The largest absolute Gasteiger partial charge is 0.497 e. The zero-order valence-electron chi connectivity index (χ0n) is 19.0. The molecular weight excluding hydrogens is 394 g/mol. The Bertz CT molecular complexity index is 800. The van der Waals surface area contributed by atoms with Crippen molar-refractivity contribution in [1.29, 1.82) is 0 Å². The fourth-order valence-electron chi connectivity index (χ4n) is 3.83. The molecule has 1 aliphatic rings. The van der Waals surface area contributed by atoms with E-state index in [1.54, 1.807) is 7.11 Å². The quantitative estimate of drug-likeness (QED) is 0.587. The van der Waals surface area contributed by atoms with E-state index in [4.69, 9.17) is 9.26 Å². The normalized spacial score (nSPS) is 14.8. The van der Waals surface area contributed by atoms with E-state index in [0.717, 1.165) is 56.9 Å². The van der Waals surface area contributed by atoms with E-state index in [9.17, 15) is 4.79 Å². The summed E-state index contributed by atoms with van der Waals surface area (Å²) in [5.74, 6) is 1.55. The van der Waals surface area contributed by atoms with Crippen LogP contribution in [0.4, 0.5) is 6.01 Å². The molecule has 0 saturated carbocycles. The maximum Gasteiger partial charge on any atom is 0.324 e. The minimum Gasteiger partial charge on any atom is -0.497 e. The molecule has 0 bridgehead atoms. The van der Waals surface area contributed by atoms with Crippen molar-refractivity contribution in [1.82, 2.24) is 20.4 Å². The zero-order chi connectivity index (χ0) is 22.1. The number of rotatable bonds is 11. The van der Waals surface area contributed by atoms with Gasteiger partial charge < -0.3 is 24.4 Å². The smallest absolute Gasteiger partial charge is 0.324 e. The lowest BCUT2D eigenvalue weighted by Gasteiger charge is -2.30. The highest BCUT2D eigenvalue weighted by Crippen LogP contribution is 2.25. The molecule has 8 nitrogen and oxygen atoms in total. The number of unbranched alkanes of at least 4 members (excludes halogenated alkanes) is 1. The number of hydrogen-bond acceptors (Lipinski definition) is 7. The molecule has 1 N–H and O–H groups in total. The summed E-state index contributed by atoms with van der Waals surface area (Å²) < 4.78 is 10.7. The minimum atomic E-state index is 0.0472. The molecule has 3 rings (SSSR count). The number of carbonyl (C=O) groups excluding carboxylic acids is 1. The molecule has 0 radical (unpaired) electrons. The van der Waals surface area contributed by atoms with Crippen LogP contribution < -0.4 is 15.0 Å². The number of likely N-dealkylation sites (N-methyl/N-ethyl adjacent to an activating group) is 1. The highest BCUT2D eigenvalue weighted by Gasteiger charge is 2.27. The van der Waals surface area contributed by atoms with Crippen molar-refractivity contribution < 1.29 is 14.1 Å². The molecule has 1 aromatic heterocycles. The molecule has 170 valence electrons. The Labute approximate surface area is 184 Å². The molecule has 1 fully saturated rings. The standard InChI is InChI=1S/C23H35N5O3/c1-4-6-14-27(5-2)17-13-24-22(29)19-11-15-28(16-12-19)23-25-21(26-31-23)18-7-9-20(30-3)10-8-18/h7-10,19H,4-6,11-17H2,1-3H3,(H,24,29). The third kappa shape index (κ3) is 6.43. The van der Waals surface area contributed by atoms with Gasteiger partial charge in [0.1, 0.15) is 5.75 Å². The number of carbonyl (C=O) groups is 1. The molecule has 0 unspecified atom stereocenters. The molecule has 2 heterocycles. The van der Waals surface area contributed by atoms with Gasteiger partial charge in [-0.05, 0) is 56.6 Å². The Balaban J connectivity index is 1.44. The Morgan fingerprint density at radius 1 is 1.23 bits per heavy atom. The predicted octanol–water partition coefficient (Wildman–Crippen LogP) is 3.20. The van der Waals surface area contributed by atoms with Crippen LogP contribution >= 0.6 is 0 Å². The van der Waals surface area contributed by atoms with Gasteiger partial charge >= 0.3 is 6.01 Å². The molecule has 31 heavy (non-hydrogen) atoms. The van der Waals surface area contributed by atoms with E-state index >= 15 is 0 Å². The van der Waals surface area contributed by atoms with Crippen LogP contribution in [0.3, 0.4) is 0 Å². The lowest BCUT2D eigenvalue weighted by molar-refractivity contribution is -0.125. The van der Waals surface area contributed by atoms with Crippen LogP contribution in [-0.4, -0.2) is 67.3 Å². The van der Waals surface area contributed by atoms with E-state index in [0.29, 0.717) is 18.4 Å². The Kier molecular flexibility index (Phi) is 8.70. The van der Waals surface area contributed by atoms with Crippen molar-refractivity contribution in [3.63, 3.8) is 0 Å². The van der Waals surface area contributed by atoms with Gasteiger partial charge in [0.25, 0.3) is 0 Å². The number of piperidine rings is 1. The van der Waals surface area contributed by atoms with Crippen LogP contribution in [0.2, 0.25) is 0 Å². The molecule has 1 saturated heterocycles. The van der Waals surface area contributed by atoms with E-state index < -0.39 is 0 Å². The first-order valence-electron chi connectivity index (χ1n) is 11.4. The van der Waals surface area contributed by atoms with Crippen LogP contribution in [0, 0.1) is 5.92 Å². The van der Waals surface area contributed by atoms with Crippen molar-refractivity contribution in [2.75, 3.05) is 51.3 Å². The second-order valence-electron chi connectivity index (χ2n) is 7.97. The maximum atomic E-state index is 12.6. The number of benzene rings is 1. The second kappa shape index (κ2) is 11.7. The van der Waals surface area contributed by atoms with Gasteiger partial charge in [0, 0.05) is 37.7 Å². The third-order valence-electron chi connectivity index (χ3n) is 5.90. The summed E-state index contributed by atoms with van der Waals surface area (Å²) in [5, 5.41) is 7.23. The van der Waals surface area contributed by atoms with Crippen LogP contribution in [0.15, 0.2) is 28.8 Å². The number of nitrogens with one attached hydrogen (secondary N) is 1. The second-order valence-corrected chi connectivity index (χ2v) is 7.97. The topological polar surface area (TPSA) is 83.7 Å². The summed E-state index contributed by atoms with van der Waals surface area (Å²) in [6.45, 7) is 9.60. The van der Waals surface area contributed by atoms with Gasteiger partial charge in [0.2, 0.25) is 11.7 Å². The number of aromatic nitrogens is 2. The first-order valence-corrected chi connectivity index (χ1v) is 11.4. The highest BCUT2D eigenvalue weighted by molar-refractivity contribution is 5.78. The molecule has 0 aliphatic carbocycles. The maximum absolute atomic E-state index is 12.6. The van der Waals surface area contributed by atoms with Crippen molar-refractivity contribution >= 4 is 11.9 Å². The van der Waals surface area contributed by atoms with E-state index in [2.05, 4.69) is 39.1 Å². The van der Waals surface area contributed by atoms with E-state index in [1.807, 2.05) is 24.3 Å². The number of methoxy groups -OCH3 is 1. The Morgan fingerprint density at radius 2 is 1.97 bits per heavy atom. The summed E-state index contributed by atoms with van der Waals surface area (Å²) in [6.07, 6.45) is 3.98. The van der Waals surface area contributed by atoms with Crippen LogP contribution in [-0.2, 0) is 4.79 Å². The Hall–Kier alpha value is -2.61. The molecule has 2 aromatic rings. The van der Waals surface area contributed by atoms with Crippen molar-refractivity contribution in [2.45, 2.75) is 39.5 Å². The molecule has 1 amide bonds. The lowest BCUT2D eigenvalue weighted by atomic mass is 9.96. The molecule has 1 aromatic carbocycles. The first-order chi connectivity index (χ1) is 15.1. The van der Waals surface area contributed by atoms with Crippen LogP contribution in [0.5, 0.6) is 5.75 Å². The number of ether oxygens (including phenoxy) is 1. The van der Waals surface area contributed by atoms with Gasteiger partial charge in [-0.3, -0.25) is 4.79 Å². The molecule has 0 spiro atoms. The van der Waals surface area contributed by atoms with Gasteiger partial charge in [0.05, 0.1) is 7.11 Å². The third-order valence-corrected chi connectivity index (χ3v) is 5.90. The average molecular weight is 430 g/mol. The number of hydrogen-bond donors (Lipinski definition) is 1. The van der Waals surface area contributed by atoms with Crippen LogP contribution in [0.25, 0.3) is 11.4 Å². The van der Waals surface area contributed by atoms with Crippen molar-refractivity contribution in [3.05, 3.63) is 24.3 Å². The molecule has 8 heteroatoms. The molecule has 1 aliphatic heterocycles. The number of nitrogens with zero attached hydrogens (tertiary/aromatic N) is 4. The van der Waals surface area contributed by atoms with E-state index in [-0.39, 0.29) is 11.8 Å². The lowest BCUT2D eigenvalue weighted by Crippen LogP contribution is -2.42. The highest BCUT2D eigenvalue weighted by atomic mass is 16.5. The summed E-state index contributed by atoms with van der Waals surface area (Å²) in [5.41, 5.74) is 0.880. The van der Waals surface area contributed by atoms with Gasteiger partial charge in [-0.1, -0.05) is 25.4 Å². The average Bonchev–Trinajstić information content (AvgIpc) is 3.31. The molecule has 0 atom stereocenters. The number of amides is 1. The van der Waals surface area contributed by atoms with E-state index in [1.165, 1.54) is 12.8 Å². The van der Waals surface area contributed by atoms with Crippen LogP contribution in [0.1, 0.15) is 39.5 Å². The SMILES string of the molecule is CCCCN(CC)CCNC(=O)C1CCN(c2nc(-c3ccc(OC)cc3)no2)CC1. The first kappa shape index (κ1) is 23.1. The Morgan fingerprint density at radius 3 is 2.61 bits per heavy atom. The fraction of sp³-hybridized carbons (Fsp3) is 0.609. The van der Waals surface area contributed by atoms with Gasteiger partial charge in [-0.15, -0.1) is 0 Å². The summed E-state index contributed by atoms with van der Waals surface area (Å²) in [6, 6.07) is 8.08. The molecular formula is C23H35N5O3. The van der Waals surface area contributed by atoms with Gasteiger partial charge in [-0.2, -0.15) is 4.98 Å². The van der Waals surface area contributed by atoms with Crippen molar-refractivity contribution in [3.8, 4) is 17.1 Å². The summed E-state index contributed by atoms with van der Waals surface area (Å²) >= 11 is 0.